The van der Waals surface area contributed by atoms with E-state index in [-0.39, 0.29) is 11.9 Å². The molecule has 8 heteroatoms. The number of nitrogens with zero attached hydrogens (tertiary/aromatic N) is 6. The second-order valence-electron chi connectivity index (χ2n) is 5.94. The Labute approximate surface area is 135 Å². The molecular formula is C15H23N7O. The van der Waals surface area contributed by atoms with Gasteiger partial charge in [-0.25, -0.2) is 4.79 Å². The van der Waals surface area contributed by atoms with E-state index in [2.05, 4.69) is 20.6 Å². The Hall–Kier alpha value is -2.38. The third-order valence-corrected chi connectivity index (χ3v) is 4.22. The molecule has 1 atom stereocenters. The van der Waals surface area contributed by atoms with Crippen molar-refractivity contribution in [3.8, 4) is 0 Å². The zero-order chi connectivity index (χ0) is 16.1. The molecule has 23 heavy (non-hydrogen) atoms. The molecule has 124 valence electrons. The van der Waals surface area contributed by atoms with Gasteiger partial charge in [0.05, 0.1) is 0 Å². The summed E-state index contributed by atoms with van der Waals surface area (Å²) in [4.78, 5) is 14.2. The Kier molecular flexibility index (Phi) is 4.89. The Morgan fingerprint density at radius 1 is 1.48 bits per heavy atom. The van der Waals surface area contributed by atoms with Crippen molar-refractivity contribution >= 4 is 6.03 Å². The highest BCUT2D eigenvalue weighted by Crippen LogP contribution is 2.24. The fraction of sp³-hybridized carbons (Fsp3) is 0.600. The lowest BCUT2D eigenvalue weighted by Gasteiger charge is -2.32. The molecule has 0 spiro atoms. The lowest BCUT2D eigenvalue weighted by Crippen LogP contribution is -2.45. The van der Waals surface area contributed by atoms with Crippen molar-refractivity contribution in [3.63, 3.8) is 0 Å². The maximum Gasteiger partial charge on any atom is 0.317 e. The first-order valence-electron chi connectivity index (χ1n) is 8.08. The molecule has 1 saturated heterocycles. The molecule has 1 N–H and O–H groups in total. The van der Waals surface area contributed by atoms with E-state index in [4.69, 9.17) is 0 Å². The fourth-order valence-electron chi connectivity index (χ4n) is 3.02. The van der Waals surface area contributed by atoms with Crippen molar-refractivity contribution in [2.75, 3.05) is 19.6 Å². The molecule has 1 aliphatic heterocycles. The van der Waals surface area contributed by atoms with Crippen molar-refractivity contribution in [3.05, 3.63) is 30.6 Å². The van der Waals surface area contributed by atoms with Gasteiger partial charge in [-0.2, -0.15) is 5.10 Å². The highest BCUT2D eigenvalue weighted by molar-refractivity contribution is 5.74. The lowest BCUT2D eigenvalue weighted by atomic mass is 9.97. The number of amides is 2. The maximum absolute atomic E-state index is 12.3. The third kappa shape index (κ3) is 3.88. The summed E-state index contributed by atoms with van der Waals surface area (Å²) in [6.07, 6.45) is 8.32. The quantitative estimate of drug-likeness (QED) is 0.834. The molecule has 1 unspecified atom stereocenters. The molecule has 3 rings (SSSR count). The van der Waals surface area contributed by atoms with Crippen LogP contribution in [-0.2, 0) is 13.6 Å². The van der Waals surface area contributed by atoms with Gasteiger partial charge in [0.15, 0.2) is 0 Å². The molecule has 3 heterocycles. The molecular weight excluding hydrogens is 294 g/mol. The van der Waals surface area contributed by atoms with E-state index in [0.717, 1.165) is 38.2 Å². The van der Waals surface area contributed by atoms with Crippen LogP contribution in [0.3, 0.4) is 0 Å². The first-order valence-corrected chi connectivity index (χ1v) is 8.08. The van der Waals surface area contributed by atoms with Gasteiger partial charge in [-0.15, -0.1) is 10.2 Å². The second-order valence-corrected chi connectivity index (χ2v) is 5.94. The van der Waals surface area contributed by atoms with E-state index in [9.17, 15) is 4.79 Å². The molecule has 1 aliphatic rings. The number of likely N-dealkylation sites (tertiary alicyclic amines) is 1. The Bertz CT molecular complexity index is 622. The van der Waals surface area contributed by atoms with E-state index >= 15 is 0 Å². The van der Waals surface area contributed by atoms with Gasteiger partial charge in [0.25, 0.3) is 0 Å². The van der Waals surface area contributed by atoms with Gasteiger partial charge in [-0.1, -0.05) is 0 Å². The van der Waals surface area contributed by atoms with Crippen LogP contribution in [0.25, 0.3) is 0 Å². The summed E-state index contributed by atoms with van der Waals surface area (Å²) in [5, 5.41) is 15.3. The molecule has 8 nitrogen and oxygen atoms in total. The highest BCUT2D eigenvalue weighted by atomic mass is 16.2. The molecule has 0 radical (unpaired) electrons. The van der Waals surface area contributed by atoms with Crippen LogP contribution in [0.4, 0.5) is 4.79 Å². The summed E-state index contributed by atoms with van der Waals surface area (Å²) in [5.74, 6) is 1.23. The fourth-order valence-corrected chi connectivity index (χ4v) is 3.02. The topological polar surface area (TPSA) is 80.9 Å². The van der Waals surface area contributed by atoms with E-state index in [1.165, 1.54) is 0 Å². The first kappa shape index (κ1) is 15.5. The molecule has 0 bridgehead atoms. The van der Waals surface area contributed by atoms with Crippen LogP contribution >= 0.6 is 0 Å². The first-order chi connectivity index (χ1) is 11.2. The van der Waals surface area contributed by atoms with Crippen molar-refractivity contribution in [1.29, 1.82) is 0 Å². The van der Waals surface area contributed by atoms with Crippen LogP contribution in [-0.4, -0.2) is 55.1 Å². The van der Waals surface area contributed by atoms with Gasteiger partial charge >= 0.3 is 6.03 Å². The summed E-state index contributed by atoms with van der Waals surface area (Å²) >= 11 is 0. The van der Waals surface area contributed by atoms with Crippen LogP contribution in [0, 0.1) is 0 Å². The molecule has 2 amide bonds. The highest BCUT2D eigenvalue weighted by Gasteiger charge is 2.27. The molecule has 0 aliphatic carbocycles. The number of carbonyl (C=O) groups excluding carboxylic acids is 1. The van der Waals surface area contributed by atoms with Crippen molar-refractivity contribution in [1.82, 2.24) is 34.8 Å². The molecule has 2 aromatic rings. The standard InChI is InChI=1S/C15H23N7O/c1-20-12-17-19-14(20)13-5-2-8-21(11-13)15(23)16-6-3-9-22-10-4-7-18-22/h4,7,10,12-13H,2-3,5-6,8-9,11H2,1H3,(H,16,23). The monoisotopic (exact) mass is 317 g/mol. The molecule has 0 saturated carbocycles. The SMILES string of the molecule is Cn1cnnc1C1CCCN(C(=O)NCCCn2cccn2)C1. The van der Waals surface area contributed by atoms with Crippen LogP contribution in [0.1, 0.15) is 31.0 Å². The number of hydrogen-bond acceptors (Lipinski definition) is 4. The molecule has 2 aromatic heterocycles. The van der Waals surface area contributed by atoms with Gasteiger partial charge in [0.1, 0.15) is 12.2 Å². The Morgan fingerprint density at radius 3 is 3.13 bits per heavy atom. The predicted molar refractivity (Wildman–Crippen MR) is 84.8 cm³/mol. The van der Waals surface area contributed by atoms with Crippen molar-refractivity contribution in [2.45, 2.75) is 31.7 Å². The van der Waals surface area contributed by atoms with Crippen LogP contribution in [0.15, 0.2) is 24.8 Å². The van der Waals surface area contributed by atoms with Gasteiger partial charge in [-0.05, 0) is 25.3 Å². The van der Waals surface area contributed by atoms with Gasteiger partial charge < -0.3 is 14.8 Å². The number of piperidine rings is 1. The number of aryl methyl sites for hydroxylation is 2. The zero-order valence-electron chi connectivity index (χ0n) is 13.4. The van der Waals surface area contributed by atoms with Crippen molar-refractivity contribution in [2.24, 2.45) is 7.05 Å². The summed E-state index contributed by atoms with van der Waals surface area (Å²) < 4.78 is 3.81. The normalized spacial score (nSPS) is 18.1. The molecule has 0 aromatic carbocycles. The number of carbonyl (C=O) groups is 1. The number of rotatable bonds is 5. The average Bonchev–Trinajstić information content (AvgIpc) is 3.23. The predicted octanol–water partition coefficient (Wildman–Crippen LogP) is 0.991. The minimum Gasteiger partial charge on any atom is -0.338 e. The van der Waals surface area contributed by atoms with E-state index in [0.29, 0.717) is 13.1 Å². The minimum absolute atomic E-state index is 0.0114. The number of hydrogen-bond donors (Lipinski definition) is 1. The number of nitrogens with one attached hydrogen (secondary N) is 1. The van der Waals surface area contributed by atoms with E-state index < -0.39 is 0 Å². The summed E-state index contributed by atoms with van der Waals surface area (Å²) in [6.45, 7) is 2.98. The summed E-state index contributed by atoms with van der Waals surface area (Å²) in [6, 6.07) is 1.91. The Balaban J connectivity index is 1.44. The minimum atomic E-state index is 0.0114. The lowest BCUT2D eigenvalue weighted by molar-refractivity contribution is 0.177. The maximum atomic E-state index is 12.3. The van der Waals surface area contributed by atoms with Crippen LogP contribution < -0.4 is 5.32 Å². The van der Waals surface area contributed by atoms with Crippen molar-refractivity contribution < 1.29 is 4.79 Å². The van der Waals surface area contributed by atoms with E-state index in [1.54, 1.807) is 12.5 Å². The largest absolute Gasteiger partial charge is 0.338 e. The van der Waals surface area contributed by atoms with Gasteiger partial charge in [0, 0.05) is 51.5 Å². The van der Waals surface area contributed by atoms with E-state index in [1.807, 2.05) is 33.5 Å². The summed E-state index contributed by atoms with van der Waals surface area (Å²) in [5.41, 5.74) is 0. The van der Waals surface area contributed by atoms with Gasteiger partial charge in [0.2, 0.25) is 0 Å². The zero-order valence-corrected chi connectivity index (χ0v) is 13.4. The molecule has 1 fully saturated rings. The third-order valence-electron chi connectivity index (χ3n) is 4.22. The smallest absolute Gasteiger partial charge is 0.317 e. The van der Waals surface area contributed by atoms with Gasteiger partial charge in [-0.3, -0.25) is 4.68 Å². The second kappa shape index (κ2) is 7.26. The van der Waals surface area contributed by atoms with Crippen LogP contribution in [0.2, 0.25) is 0 Å². The number of aromatic nitrogens is 5. The summed E-state index contributed by atoms with van der Waals surface area (Å²) in [7, 11) is 1.95. The number of urea groups is 1. The average molecular weight is 317 g/mol. The Morgan fingerprint density at radius 2 is 2.39 bits per heavy atom. The van der Waals surface area contributed by atoms with Crippen LogP contribution in [0.5, 0.6) is 0 Å².